The number of methoxy groups -OCH3 is 1. The van der Waals surface area contributed by atoms with Gasteiger partial charge in [-0.2, -0.15) is 0 Å². The molecule has 2 aromatic rings. The standard InChI is InChI=1S/C20H21N3O4S/c1-27-19(26)12-6-8-13(9-7-12)21-17(24)10-14-11-28-20-22-16-5-3-2-4-15(16)18(25)23(14)20/h6-9,14H,2-5,10-11H2,1H3,(H,21,24). The minimum Gasteiger partial charge on any atom is -0.465 e. The van der Waals surface area contributed by atoms with Crippen molar-refractivity contribution in [3.05, 3.63) is 51.4 Å². The number of carbonyl (C=O) groups excluding carboxylic acids is 2. The van der Waals surface area contributed by atoms with E-state index >= 15 is 0 Å². The van der Waals surface area contributed by atoms with Crippen molar-refractivity contribution in [2.24, 2.45) is 0 Å². The van der Waals surface area contributed by atoms with Crippen LogP contribution in [0.3, 0.4) is 0 Å². The first-order valence-electron chi connectivity index (χ1n) is 9.32. The highest BCUT2D eigenvalue weighted by Crippen LogP contribution is 2.33. The van der Waals surface area contributed by atoms with Crippen LogP contribution in [0, 0.1) is 0 Å². The number of aryl methyl sites for hydroxylation is 1. The van der Waals surface area contributed by atoms with E-state index in [2.05, 4.69) is 15.0 Å². The predicted molar refractivity (Wildman–Crippen MR) is 106 cm³/mol. The van der Waals surface area contributed by atoms with Crippen molar-refractivity contribution in [3.8, 4) is 0 Å². The molecule has 0 saturated carbocycles. The Morgan fingerprint density at radius 3 is 2.75 bits per heavy atom. The van der Waals surface area contributed by atoms with Gasteiger partial charge < -0.3 is 10.1 Å². The van der Waals surface area contributed by atoms with Gasteiger partial charge in [-0.15, -0.1) is 0 Å². The van der Waals surface area contributed by atoms with Gasteiger partial charge in [0.25, 0.3) is 5.56 Å². The third kappa shape index (κ3) is 3.56. The second-order valence-corrected chi connectivity index (χ2v) is 7.98. The Morgan fingerprint density at radius 2 is 2.00 bits per heavy atom. The molecule has 28 heavy (non-hydrogen) atoms. The number of nitrogens with zero attached hydrogens (tertiary/aromatic N) is 2. The van der Waals surface area contributed by atoms with Crippen LogP contribution in [0.5, 0.6) is 0 Å². The number of nitrogens with one attached hydrogen (secondary N) is 1. The number of carbonyl (C=O) groups is 2. The summed E-state index contributed by atoms with van der Waals surface area (Å²) < 4.78 is 6.37. The summed E-state index contributed by atoms with van der Waals surface area (Å²) in [6.45, 7) is 0. The van der Waals surface area contributed by atoms with Gasteiger partial charge >= 0.3 is 5.97 Å². The largest absolute Gasteiger partial charge is 0.465 e. The molecule has 1 unspecified atom stereocenters. The zero-order valence-electron chi connectivity index (χ0n) is 15.6. The highest BCUT2D eigenvalue weighted by molar-refractivity contribution is 7.99. The van der Waals surface area contributed by atoms with E-state index in [1.54, 1.807) is 28.8 Å². The first kappa shape index (κ1) is 18.7. The molecule has 8 heteroatoms. The molecule has 2 heterocycles. The summed E-state index contributed by atoms with van der Waals surface area (Å²) >= 11 is 1.54. The van der Waals surface area contributed by atoms with Crippen LogP contribution in [0.25, 0.3) is 0 Å². The number of hydrogen-bond donors (Lipinski definition) is 1. The lowest BCUT2D eigenvalue weighted by Gasteiger charge is -2.18. The minimum atomic E-state index is -0.423. The molecular formula is C20H21N3O4S. The van der Waals surface area contributed by atoms with E-state index in [0.29, 0.717) is 17.0 Å². The molecule has 0 bridgehead atoms. The normalized spacial score (nSPS) is 17.5. The van der Waals surface area contributed by atoms with Crippen molar-refractivity contribution < 1.29 is 14.3 Å². The molecule has 1 N–H and O–H groups in total. The summed E-state index contributed by atoms with van der Waals surface area (Å²) in [6.07, 6.45) is 3.94. The number of esters is 1. The third-order valence-electron chi connectivity index (χ3n) is 5.13. The molecule has 0 saturated heterocycles. The van der Waals surface area contributed by atoms with Crippen molar-refractivity contribution in [3.63, 3.8) is 0 Å². The summed E-state index contributed by atoms with van der Waals surface area (Å²) in [7, 11) is 1.32. The summed E-state index contributed by atoms with van der Waals surface area (Å²) in [4.78, 5) is 41.6. The predicted octanol–water partition coefficient (Wildman–Crippen LogP) is 2.58. The van der Waals surface area contributed by atoms with Crippen LogP contribution in [-0.4, -0.2) is 34.3 Å². The molecule has 2 aliphatic rings. The summed E-state index contributed by atoms with van der Waals surface area (Å²) in [5.74, 6) is 0.0707. The molecule has 1 atom stereocenters. The SMILES string of the molecule is COC(=O)c1ccc(NC(=O)CC2CSc3nc4c(c(=O)n32)CCCC4)cc1. The lowest BCUT2D eigenvalue weighted by molar-refractivity contribution is -0.116. The summed E-state index contributed by atoms with van der Waals surface area (Å²) in [5.41, 5.74) is 2.79. The lowest BCUT2D eigenvalue weighted by atomic mass is 9.97. The number of anilines is 1. The van der Waals surface area contributed by atoms with Gasteiger partial charge in [0.15, 0.2) is 5.16 Å². The molecule has 1 aromatic heterocycles. The number of amides is 1. The third-order valence-corrected chi connectivity index (χ3v) is 6.23. The Morgan fingerprint density at radius 1 is 1.25 bits per heavy atom. The van der Waals surface area contributed by atoms with E-state index in [9.17, 15) is 14.4 Å². The number of hydrogen-bond acceptors (Lipinski definition) is 6. The molecule has 1 amide bonds. The highest BCUT2D eigenvalue weighted by atomic mass is 32.2. The monoisotopic (exact) mass is 399 g/mol. The zero-order chi connectivity index (χ0) is 19.7. The number of rotatable bonds is 4. The van der Waals surface area contributed by atoms with E-state index in [1.807, 2.05) is 0 Å². The van der Waals surface area contributed by atoms with Crippen molar-refractivity contribution in [2.45, 2.75) is 43.3 Å². The van der Waals surface area contributed by atoms with Crippen LogP contribution < -0.4 is 10.9 Å². The van der Waals surface area contributed by atoms with Gasteiger partial charge in [-0.05, 0) is 49.9 Å². The van der Waals surface area contributed by atoms with E-state index in [-0.39, 0.29) is 23.9 Å². The van der Waals surface area contributed by atoms with Crippen molar-refractivity contribution in [1.82, 2.24) is 9.55 Å². The average Bonchev–Trinajstić information content (AvgIpc) is 3.10. The first-order valence-corrected chi connectivity index (χ1v) is 10.3. The smallest absolute Gasteiger partial charge is 0.337 e. The van der Waals surface area contributed by atoms with Crippen LogP contribution in [0.2, 0.25) is 0 Å². The van der Waals surface area contributed by atoms with Crippen LogP contribution in [0.4, 0.5) is 5.69 Å². The number of thioether (sulfide) groups is 1. The second kappa shape index (κ2) is 7.79. The average molecular weight is 399 g/mol. The minimum absolute atomic E-state index is 0.0185. The van der Waals surface area contributed by atoms with E-state index in [1.165, 1.54) is 18.9 Å². The van der Waals surface area contributed by atoms with Gasteiger partial charge in [-0.25, -0.2) is 9.78 Å². The summed E-state index contributed by atoms with van der Waals surface area (Å²) in [6, 6.07) is 6.32. The van der Waals surface area contributed by atoms with Crippen molar-refractivity contribution in [1.29, 1.82) is 0 Å². The molecule has 1 aliphatic carbocycles. The molecule has 0 spiro atoms. The number of aromatic nitrogens is 2. The fourth-order valence-electron chi connectivity index (χ4n) is 3.70. The Labute approximate surface area is 166 Å². The number of fused-ring (bicyclic) bond motifs is 2. The van der Waals surface area contributed by atoms with E-state index in [4.69, 9.17) is 0 Å². The Bertz CT molecular complexity index is 984. The van der Waals surface area contributed by atoms with E-state index in [0.717, 1.165) is 42.1 Å². The van der Waals surface area contributed by atoms with Gasteiger partial charge in [-0.1, -0.05) is 11.8 Å². The fraction of sp³-hybridized carbons (Fsp3) is 0.400. The molecule has 0 radical (unpaired) electrons. The second-order valence-electron chi connectivity index (χ2n) is 6.99. The number of ether oxygens (including phenoxy) is 1. The quantitative estimate of drug-likeness (QED) is 0.628. The molecule has 4 rings (SSSR count). The molecule has 7 nitrogen and oxygen atoms in total. The fourth-order valence-corrected chi connectivity index (χ4v) is 4.85. The van der Waals surface area contributed by atoms with Gasteiger partial charge in [0.1, 0.15) is 0 Å². The Balaban J connectivity index is 1.47. The Kier molecular flexibility index (Phi) is 5.21. The van der Waals surface area contributed by atoms with Crippen LogP contribution in [0.1, 0.15) is 46.9 Å². The maximum Gasteiger partial charge on any atom is 0.337 e. The van der Waals surface area contributed by atoms with Gasteiger partial charge in [0.2, 0.25) is 5.91 Å². The van der Waals surface area contributed by atoms with Crippen LogP contribution in [0.15, 0.2) is 34.2 Å². The molecule has 1 aliphatic heterocycles. The highest BCUT2D eigenvalue weighted by Gasteiger charge is 2.30. The first-order chi connectivity index (χ1) is 13.6. The van der Waals surface area contributed by atoms with E-state index < -0.39 is 5.97 Å². The molecular weight excluding hydrogens is 378 g/mol. The molecule has 0 fully saturated rings. The lowest BCUT2D eigenvalue weighted by Crippen LogP contribution is -2.32. The van der Waals surface area contributed by atoms with Crippen molar-refractivity contribution >= 4 is 29.3 Å². The molecule has 1 aromatic carbocycles. The van der Waals surface area contributed by atoms with Gasteiger partial charge in [0, 0.05) is 23.4 Å². The molecule has 146 valence electrons. The maximum atomic E-state index is 12.9. The van der Waals surface area contributed by atoms with Crippen molar-refractivity contribution in [2.75, 3.05) is 18.2 Å². The van der Waals surface area contributed by atoms with Gasteiger partial charge in [0.05, 0.1) is 24.4 Å². The zero-order valence-corrected chi connectivity index (χ0v) is 16.4. The maximum absolute atomic E-state index is 12.9. The van der Waals surface area contributed by atoms with Crippen LogP contribution in [-0.2, 0) is 22.4 Å². The van der Waals surface area contributed by atoms with Gasteiger partial charge in [-0.3, -0.25) is 14.2 Å². The topological polar surface area (TPSA) is 90.3 Å². The Hall–Kier alpha value is -2.61. The van der Waals surface area contributed by atoms with Crippen LogP contribution >= 0.6 is 11.8 Å². The summed E-state index contributed by atoms with van der Waals surface area (Å²) in [5, 5.41) is 3.56. The number of benzene rings is 1.